The molecule has 1 aliphatic heterocycles. The number of aromatic nitrogens is 4. The molecule has 10 heteroatoms. The number of amides is 1. The van der Waals surface area contributed by atoms with Crippen LogP contribution >= 0.6 is 0 Å². The standard InChI is InChI=1S/C22H20F2N6O2/c1-32-22(31)29-9-7-28(8-10-29)20-5-4-19-26-13-14(30(19)27-20)11-16-17(23)12-18-15(21(16)24)3-2-6-25-18/h2-6,12-13H,7-11H2,1H3. The van der Waals surface area contributed by atoms with Crippen LogP contribution in [0, 0.1) is 11.6 Å². The second-order valence-corrected chi connectivity index (χ2v) is 7.55. The number of hydrogen-bond donors (Lipinski definition) is 0. The molecule has 4 heterocycles. The molecule has 5 rings (SSSR count). The zero-order valence-electron chi connectivity index (χ0n) is 17.3. The minimum Gasteiger partial charge on any atom is -0.453 e. The molecule has 1 amide bonds. The SMILES string of the molecule is COC(=O)N1CCN(c2ccc3ncc(Cc4c(F)cc5ncccc5c4F)n3n2)CC1. The molecule has 0 saturated carbocycles. The minimum atomic E-state index is -0.654. The summed E-state index contributed by atoms with van der Waals surface area (Å²) in [6.45, 7) is 2.23. The van der Waals surface area contributed by atoms with Gasteiger partial charge in [-0.15, -0.1) is 5.10 Å². The summed E-state index contributed by atoms with van der Waals surface area (Å²) in [5.41, 5.74) is 1.37. The lowest BCUT2D eigenvalue weighted by Crippen LogP contribution is -2.49. The van der Waals surface area contributed by atoms with Crippen LogP contribution in [0.3, 0.4) is 0 Å². The van der Waals surface area contributed by atoms with Gasteiger partial charge in [-0.25, -0.2) is 23.1 Å². The number of pyridine rings is 1. The average molecular weight is 438 g/mol. The molecular weight excluding hydrogens is 418 g/mol. The fraction of sp³-hybridized carbons (Fsp3) is 0.273. The molecule has 0 unspecified atom stereocenters. The van der Waals surface area contributed by atoms with E-state index in [1.165, 1.54) is 19.4 Å². The summed E-state index contributed by atoms with van der Waals surface area (Å²) >= 11 is 0. The van der Waals surface area contributed by atoms with Gasteiger partial charge in [-0.1, -0.05) is 0 Å². The van der Waals surface area contributed by atoms with Crippen LogP contribution in [0.25, 0.3) is 16.6 Å². The molecule has 1 aliphatic rings. The first-order valence-electron chi connectivity index (χ1n) is 10.2. The van der Waals surface area contributed by atoms with Crippen molar-refractivity contribution in [1.82, 2.24) is 24.5 Å². The van der Waals surface area contributed by atoms with Gasteiger partial charge in [0.1, 0.15) is 17.5 Å². The van der Waals surface area contributed by atoms with Gasteiger partial charge >= 0.3 is 6.09 Å². The van der Waals surface area contributed by atoms with Crippen LogP contribution in [-0.4, -0.2) is 63.9 Å². The smallest absolute Gasteiger partial charge is 0.409 e. The van der Waals surface area contributed by atoms with Gasteiger partial charge in [0.2, 0.25) is 0 Å². The lowest BCUT2D eigenvalue weighted by Gasteiger charge is -2.34. The van der Waals surface area contributed by atoms with E-state index < -0.39 is 11.6 Å². The van der Waals surface area contributed by atoms with E-state index in [1.807, 2.05) is 17.0 Å². The van der Waals surface area contributed by atoms with E-state index >= 15 is 4.39 Å². The first kappa shape index (κ1) is 20.1. The van der Waals surface area contributed by atoms with Crippen molar-refractivity contribution in [1.29, 1.82) is 0 Å². The van der Waals surface area contributed by atoms with Crippen LogP contribution < -0.4 is 4.90 Å². The molecule has 0 radical (unpaired) electrons. The molecule has 4 aromatic rings. The van der Waals surface area contributed by atoms with Crippen LogP contribution in [0.2, 0.25) is 0 Å². The Bertz CT molecular complexity index is 1320. The highest BCUT2D eigenvalue weighted by Gasteiger charge is 2.23. The molecule has 3 aromatic heterocycles. The molecule has 1 aromatic carbocycles. The van der Waals surface area contributed by atoms with Crippen LogP contribution in [-0.2, 0) is 11.2 Å². The maximum Gasteiger partial charge on any atom is 0.409 e. The summed E-state index contributed by atoms with van der Waals surface area (Å²) in [6.07, 6.45) is 2.73. The van der Waals surface area contributed by atoms with Gasteiger partial charge in [-0.3, -0.25) is 4.98 Å². The van der Waals surface area contributed by atoms with Crippen molar-refractivity contribution in [3.05, 3.63) is 65.6 Å². The van der Waals surface area contributed by atoms with Crippen molar-refractivity contribution >= 4 is 28.5 Å². The molecule has 0 spiro atoms. The number of carbonyl (C=O) groups is 1. The highest BCUT2D eigenvalue weighted by atomic mass is 19.1. The van der Waals surface area contributed by atoms with Crippen molar-refractivity contribution in [3.8, 4) is 0 Å². The number of piperazine rings is 1. The van der Waals surface area contributed by atoms with Crippen LogP contribution in [0.4, 0.5) is 19.4 Å². The summed E-state index contributed by atoms with van der Waals surface area (Å²) < 4.78 is 36.1. The average Bonchev–Trinajstić information content (AvgIpc) is 3.23. The zero-order chi connectivity index (χ0) is 22.2. The summed E-state index contributed by atoms with van der Waals surface area (Å²) in [7, 11) is 1.36. The molecule has 32 heavy (non-hydrogen) atoms. The lowest BCUT2D eigenvalue weighted by atomic mass is 10.0. The van der Waals surface area contributed by atoms with Crippen LogP contribution in [0.1, 0.15) is 11.3 Å². The van der Waals surface area contributed by atoms with E-state index in [9.17, 15) is 9.18 Å². The normalized spacial score (nSPS) is 14.3. The number of imidazole rings is 1. The summed E-state index contributed by atoms with van der Waals surface area (Å²) in [6, 6.07) is 8.11. The highest BCUT2D eigenvalue weighted by Crippen LogP contribution is 2.25. The van der Waals surface area contributed by atoms with Gasteiger partial charge < -0.3 is 14.5 Å². The largest absolute Gasteiger partial charge is 0.453 e. The van der Waals surface area contributed by atoms with Gasteiger partial charge in [0.05, 0.1) is 24.5 Å². The maximum absolute atomic E-state index is 15.0. The topological polar surface area (TPSA) is 75.9 Å². The van der Waals surface area contributed by atoms with Crippen molar-refractivity contribution < 1.29 is 18.3 Å². The Labute approximate surface area is 182 Å². The van der Waals surface area contributed by atoms with Crippen molar-refractivity contribution in [2.45, 2.75) is 6.42 Å². The number of benzene rings is 1. The number of nitrogens with zero attached hydrogens (tertiary/aromatic N) is 6. The minimum absolute atomic E-state index is 0.00373. The Morgan fingerprint density at radius 3 is 2.72 bits per heavy atom. The van der Waals surface area contributed by atoms with Crippen molar-refractivity contribution in [3.63, 3.8) is 0 Å². The number of fused-ring (bicyclic) bond motifs is 2. The maximum atomic E-state index is 15.0. The van der Waals surface area contributed by atoms with E-state index in [2.05, 4.69) is 15.1 Å². The Morgan fingerprint density at radius 1 is 1.12 bits per heavy atom. The zero-order valence-corrected chi connectivity index (χ0v) is 17.3. The Kier molecular flexibility index (Phi) is 5.04. The van der Waals surface area contributed by atoms with Gasteiger partial charge in [0, 0.05) is 55.8 Å². The Morgan fingerprint density at radius 2 is 1.94 bits per heavy atom. The third-order valence-electron chi connectivity index (χ3n) is 5.70. The molecule has 0 N–H and O–H groups in total. The Hall–Kier alpha value is -3.82. The number of halogens is 2. The van der Waals surface area contributed by atoms with Gasteiger partial charge in [0.15, 0.2) is 5.65 Å². The number of hydrogen-bond acceptors (Lipinski definition) is 6. The van der Waals surface area contributed by atoms with E-state index in [0.29, 0.717) is 43.3 Å². The highest BCUT2D eigenvalue weighted by molar-refractivity contribution is 5.80. The molecular formula is C22H20F2N6O2. The number of ether oxygens (including phenoxy) is 1. The number of rotatable bonds is 3. The molecule has 1 saturated heterocycles. The second kappa shape index (κ2) is 8.03. The van der Waals surface area contributed by atoms with Crippen LogP contribution in [0.15, 0.2) is 42.7 Å². The van der Waals surface area contributed by atoms with E-state index in [-0.39, 0.29) is 29.0 Å². The first-order valence-corrected chi connectivity index (χ1v) is 10.2. The number of anilines is 1. The molecule has 1 fully saturated rings. The monoisotopic (exact) mass is 438 g/mol. The van der Waals surface area contributed by atoms with E-state index in [1.54, 1.807) is 27.7 Å². The summed E-state index contributed by atoms with van der Waals surface area (Å²) in [5, 5.41) is 4.93. The fourth-order valence-corrected chi connectivity index (χ4v) is 3.98. The predicted octanol–water partition coefficient (Wildman–Crippen LogP) is 3.03. The predicted molar refractivity (Wildman–Crippen MR) is 114 cm³/mol. The van der Waals surface area contributed by atoms with Crippen molar-refractivity contribution in [2.75, 3.05) is 38.2 Å². The molecule has 0 bridgehead atoms. The second-order valence-electron chi connectivity index (χ2n) is 7.55. The van der Waals surface area contributed by atoms with E-state index in [4.69, 9.17) is 4.74 Å². The van der Waals surface area contributed by atoms with Gasteiger partial charge in [-0.05, 0) is 24.3 Å². The van der Waals surface area contributed by atoms with Crippen molar-refractivity contribution in [2.24, 2.45) is 0 Å². The third-order valence-corrected chi connectivity index (χ3v) is 5.70. The number of methoxy groups -OCH3 is 1. The molecule has 0 aliphatic carbocycles. The van der Waals surface area contributed by atoms with Gasteiger partial charge in [0.25, 0.3) is 0 Å². The van der Waals surface area contributed by atoms with E-state index in [0.717, 1.165) is 0 Å². The molecule has 164 valence electrons. The van der Waals surface area contributed by atoms with Crippen LogP contribution in [0.5, 0.6) is 0 Å². The summed E-state index contributed by atoms with van der Waals surface area (Å²) in [5.74, 6) is -0.582. The lowest BCUT2D eigenvalue weighted by molar-refractivity contribution is 0.121. The Balaban J connectivity index is 1.44. The van der Waals surface area contributed by atoms with Gasteiger partial charge in [-0.2, -0.15) is 0 Å². The fourth-order valence-electron chi connectivity index (χ4n) is 3.98. The number of carbonyl (C=O) groups excluding carboxylic acids is 1. The quantitative estimate of drug-likeness (QED) is 0.490. The third kappa shape index (κ3) is 3.47. The first-order chi connectivity index (χ1) is 15.5. The molecule has 0 atom stereocenters. The molecule has 8 nitrogen and oxygen atoms in total. The summed E-state index contributed by atoms with van der Waals surface area (Å²) in [4.78, 5) is 23.7.